The molecule has 0 aromatic heterocycles. The second-order valence-electron chi connectivity index (χ2n) is 11.8. The number of rotatable bonds is 30. The molecule has 0 aromatic rings. The van der Waals surface area contributed by atoms with Crippen LogP contribution in [0.2, 0.25) is 0 Å². The van der Waals surface area contributed by atoms with E-state index < -0.39 is 0 Å². The summed E-state index contributed by atoms with van der Waals surface area (Å²) in [6, 6.07) is 0. The van der Waals surface area contributed by atoms with Gasteiger partial charge in [0.1, 0.15) is 0 Å². The maximum absolute atomic E-state index is 11.9. The van der Waals surface area contributed by atoms with E-state index in [1.807, 2.05) is 0 Å². The quantitative estimate of drug-likeness (QED) is 0.0708. The first-order valence-corrected chi connectivity index (χ1v) is 17.9. The lowest BCUT2D eigenvalue weighted by atomic mass is 10.0. The second kappa shape index (κ2) is 41.9. The van der Waals surface area contributed by atoms with Crippen LogP contribution in [-0.2, 0) is 9.53 Å². The standard InChI is InChI=1S/C32H64O2.C4H10.H3N/c1-3-5-7-9-11-13-15-17-18-19-20-22-24-26-28-30-32(33)34-31-29-27-25-23-21-16-14-12-10-8-6-4-2;1-3-4-2;/h3-31H2,1-2H3;3-4H2,1-2H3;1H3. The van der Waals surface area contributed by atoms with Gasteiger partial charge in [0.05, 0.1) is 6.61 Å². The first kappa shape index (κ1) is 42.9. The minimum atomic E-state index is 0. The van der Waals surface area contributed by atoms with Gasteiger partial charge in [-0.25, -0.2) is 0 Å². The fourth-order valence-corrected chi connectivity index (χ4v) is 4.84. The third-order valence-electron chi connectivity index (χ3n) is 7.75. The van der Waals surface area contributed by atoms with Crippen LogP contribution in [0.25, 0.3) is 0 Å². The number of carbonyl (C=O) groups is 1. The molecule has 0 amide bonds. The Morgan fingerprint density at radius 3 is 0.897 bits per heavy atom. The smallest absolute Gasteiger partial charge is 0.305 e. The molecule has 0 radical (unpaired) electrons. The van der Waals surface area contributed by atoms with Gasteiger partial charge in [0.25, 0.3) is 0 Å². The highest BCUT2D eigenvalue weighted by Gasteiger charge is 2.02. The predicted molar refractivity (Wildman–Crippen MR) is 177 cm³/mol. The lowest BCUT2D eigenvalue weighted by Gasteiger charge is -2.06. The molecular weight excluding hydrogens is 478 g/mol. The Morgan fingerprint density at radius 1 is 0.359 bits per heavy atom. The van der Waals surface area contributed by atoms with Crippen LogP contribution in [0.1, 0.15) is 220 Å². The average molecular weight is 556 g/mol. The van der Waals surface area contributed by atoms with Crippen LogP contribution in [0.15, 0.2) is 0 Å². The lowest BCUT2D eigenvalue weighted by molar-refractivity contribution is -0.143. The van der Waals surface area contributed by atoms with Crippen molar-refractivity contribution in [3.63, 3.8) is 0 Å². The van der Waals surface area contributed by atoms with Gasteiger partial charge in [-0.1, -0.05) is 201 Å². The first-order chi connectivity index (χ1) is 18.7. The Morgan fingerprint density at radius 2 is 0.615 bits per heavy atom. The van der Waals surface area contributed by atoms with E-state index >= 15 is 0 Å². The number of carbonyl (C=O) groups excluding carboxylic acids is 1. The molecule has 0 aliphatic heterocycles. The number of esters is 1. The molecule has 0 aliphatic rings. The van der Waals surface area contributed by atoms with Gasteiger partial charge in [0.15, 0.2) is 0 Å². The zero-order chi connectivity index (χ0) is 28.2. The molecule has 0 unspecified atom stereocenters. The van der Waals surface area contributed by atoms with E-state index in [1.165, 1.54) is 173 Å². The third kappa shape index (κ3) is 44.7. The van der Waals surface area contributed by atoms with Crippen LogP contribution in [0, 0.1) is 0 Å². The van der Waals surface area contributed by atoms with E-state index in [2.05, 4.69) is 27.7 Å². The summed E-state index contributed by atoms with van der Waals surface area (Å²) >= 11 is 0. The van der Waals surface area contributed by atoms with Crippen molar-refractivity contribution in [2.45, 2.75) is 220 Å². The van der Waals surface area contributed by atoms with Gasteiger partial charge < -0.3 is 10.9 Å². The lowest BCUT2D eigenvalue weighted by Crippen LogP contribution is -2.05. The van der Waals surface area contributed by atoms with E-state index in [0.717, 1.165) is 12.8 Å². The van der Waals surface area contributed by atoms with Gasteiger partial charge in [-0.2, -0.15) is 0 Å². The van der Waals surface area contributed by atoms with Crippen molar-refractivity contribution in [3.8, 4) is 0 Å². The molecule has 0 saturated carbocycles. The largest absolute Gasteiger partial charge is 0.466 e. The van der Waals surface area contributed by atoms with Crippen LogP contribution in [-0.4, -0.2) is 12.6 Å². The summed E-state index contributed by atoms with van der Waals surface area (Å²) in [5.74, 6) is 0.0257. The zero-order valence-corrected chi connectivity index (χ0v) is 27.9. The van der Waals surface area contributed by atoms with Crippen molar-refractivity contribution in [3.05, 3.63) is 0 Å². The second-order valence-corrected chi connectivity index (χ2v) is 11.8. The van der Waals surface area contributed by atoms with Gasteiger partial charge in [0, 0.05) is 6.42 Å². The molecule has 0 atom stereocenters. The minimum Gasteiger partial charge on any atom is -0.466 e. The zero-order valence-electron chi connectivity index (χ0n) is 27.9. The van der Waals surface area contributed by atoms with E-state index in [9.17, 15) is 4.79 Å². The summed E-state index contributed by atoms with van der Waals surface area (Å²) in [5, 5.41) is 0. The SMILES string of the molecule is CCCC.CCCCCCCCCCCCCCCCCC(=O)OCCCCCCCCCCCCCC.N. The molecule has 0 saturated heterocycles. The number of hydrogen-bond acceptors (Lipinski definition) is 3. The molecule has 39 heavy (non-hydrogen) atoms. The summed E-state index contributed by atoms with van der Waals surface area (Å²) in [7, 11) is 0. The first-order valence-electron chi connectivity index (χ1n) is 17.9. The number of hydrogen-bond donors (Lipinski definition) is 1. The van der Waals surface area contributed by atoms with Crippen molar-refractivity contribution >= 4 is 5.97 Å². The fourth-order valence-electron chi connectivity index (χ4n) is 4.84. The Bertz CT molecular complexity index is 411. The van der Waals surface area contributed by atoms with Crippen LogP contribution in [0.3, 0.4) is 0 Å². The molecule has 0 fully saturated rings. The Hall–Kier alpha value is -0.570. The van der Waals surface area contributed by atoms with Gasteiger partial charge in [0.2, 0.25) is 0 Å². The third-order valence-corrected chi connectivity index (χ3v) is 7.75. The maximum Gasteiger partial charge on any atom is 0.305 e. The van der Waals surface area contributed by atoms with E-state index in [0.29, 0.717) is 13.0 Å². The molecule has 0 rings (SSSR count). The number of ether oxygens (including phenoxy) is 1. The van der Waals surface area contributed by atoms with Crippen molar-refractivity contribution in [2.75, 3.05) is 6.61 Å². The van der Waals surface area contributed by atoms with Crippen LogP contribution in [0.4, 0.5) is 0 Å². The highest BCUT2D eigenvalue weighted by Crippen LogP contribution is 2.14. The molecule has 3 nitrogen and oxygen atoms in total. The molecule has 0 heterocycles. The molecule has 0 aromatic carbocycles. The maximum atomic E-state index is 11.9. The normalized spacial score (nSPS) is 10.6. The number of unbranched alkanes of at least 4 members (excludes halogenated alkanes) is 26. The van der Waals surface area contributed by atoms with E-state index in [-0.39, 0.29) is 12.1 Å². The summed E-state index contributed by atoms with van der Waals surface area (Å²) in [6.45, 7) is 9.56. The molecule has 3 N–H and O–H groups in total. The molecule has 0 aliphatic carbocycles. The Balaban J connectivity index is -0.00000241. The van der Waals surface area contributed by atoms with Gasteiger partial charge in [-0.15, -0.1) is 0 Å². The van der Waals surface area contributed by atoms with Gasteiger partial charge in [-0.3, -0.25) is 4.79 Å². The molecule has 0 spiro atoms. The fraction of sp³-hybridized carbons (Fsp3) is 0.972. The molecule has 238 valence electrons. The summed E-state index contributed by atoms with van der Waals surface area (Å²) in [6.07, 6.45) is 39.8. The summed E-state index contributed by atoms with van der Waals surface area (Å²) < 4.78 is 5.41. The molecular formula is C36H77NO2. The topological polar surface area (TPSA) is 61.3 Å². The van der Waals surface area contributed by atoms with E-state index in [4.69, 9.17) is 4.74 Å². The van der Waals surface area contributed by atoms with Crippen molar-refractivity contribution in [1.82, 2.24) is 6.15 Å². The molecule has 3 heteroatoms. The highest BCUT2D eigenvalue weighted by molar-refractivity contribution is 5.69. The van der Waals surface area contributed by atoms with Crippen molar-refractivity contribution in [1.29, 1.82) is 0 Å². The van der Waals surface area contributed by atoms with Gasteiger partial charge in [-0.05, 0) is 12.8 Å². The van der Waals surface area contributed by atoms with Crippen molar-refractivity contribution in [2.24, 2.45) is 0 Å². The van der Waals surface area contributed by atoms with E-state index in [1.54, 1.807) is 0 Å². The van der Waals surface area contributed by atoms with Crippen LogP contribution in [0.5, 0.6) is 0 Å². The monoisotopic (exact) mass is 556 g/mol. The Labute approximate surface area is 248 Å². The molecule has 0 bridgehead atoms. The minimum absolute atomic E-state index is 0. The Kier molecular flexibility index (Phi) is 46.1. The van der Waals surface area contributed by atoms with Crippen molar-refractivity contribution < 1.29 is 9.53 Å². The van der Waals surface area contributed by atoms with Crippen LogP contribution < -0.4 is 6.15 Å². The predicted octanol–water partition coefficient (Wildman–Crippen LogP) is 13.5. The van der Waals surface area contributed by atoms with Gasteiger partial charge >= 0.3 is 5.97 Å². The van der Waals surface area contributed by atoms with Crippen LogP contribution >= 0.6 is 0 Å². The summed E-state index contributed by atoms with van der Waals surface area (Å²) in [4.78, 5) is 11.9. The summed E-state index contributed by atoms with van der Waals surface area (Å²) in [5.41, 5.74) is 0. The average Bonchev–Trinajstić information content (AvgIpc) is 2.93. The highest BCUT2D eigenvalue weighted by atomic mass is 16.5.